The molecule has 0 aliphatic carbocycles. The summed E-state index contributed by atoms with van der Waals surface area (Å²) in [6.45, 7) is 10.8. The van der Waals surface area contributed by atoms with Gasteiger partial charge in [0.05, 0.1) is 29.0 Å². The van der Waals surface area contributed by atoms with E-state index in [1.165, 1.54) is 11.3 Å². The number of anilines is 1. The number of hydrogen-bond donors (Lipinski definition) is 2. The van der Waals surface area contributed by atoms with Gasteiger partial charge in [-0.25, -0.2) is 4.98 Å². The maximum Gasteiger partial charge on any atom is 0.115 e. The number of benzene rings is 2. The number of nitrogens with zero attached hydrogens (tertiary/aromatic N) is 5. The van der Waals surface area contributed by atoms with E-state index in [0.29, 0.717) is 23.9 Å². The van der Waals surface area contributed by atoms with Gasteiger partial charge in [-0.2, -0.15) is 0 Å². The van der Waals surface area contributed by atoms with Crippen molar-refractivity contribution in [2.24, 2.45) is 0 Å². The van der Waals surface area contributed by atoms with Crippen LogP contribution in [0.5, 0.6) is 5.75 Å². The first kappa shape index (κ1) is 26.9. The summed E-state index contributed by atoms with van der Waals surface area (Å²) in [5.41, 5.74) is 5.35. The number of piperazine rings is 1. The van der Waals surface area contributed by atoms with Gasteiger partial charge >= 0.3 is 0 Å². The molecule has 5 rings (SSSR count). The SMILES string of the molecule is CCC[C@H](c1cnc2ccc(N3CCC(c4cccc(O)c4)(N(C)C)CC3)cc2n1)N1C[C@@H](C)N[C@@H](C)C1. The van der Waals surface area contributed by atoms with Gasteiger partial charge in [0.15, 0.2) is 0 Å². The molecule has 3 atom stereocenters. The molecule has 7 heteroatoms. The second kappa shape index (κ2) is 11.2. The Bertz CT molecular complexity index is 1230. The number of nitrogens with one attached hydrogen (secondary N) is 1. The number of hydrogen-bond acceptors (Lipinski definition) is 7. The minimum Gasteiger partial charge on any atom is -0.508 e. The van der Waals surface area contributed by atoms with Crippen LogP contribution in [0.25, 0.3) is 11.0 Å². The molecule has 0 spiro atoms. The van der Waals surface area contributed by atoms with Crippen molar-refractivity contribution in [2.45, 2.75) is 70.1 Å². The molecule has 2 saturated heterocycles. The lowest BCUT2D eigenvalue weighted by Crippen LogP contribution is -2.55. The van der Waals surface area contributed by atoms with Crippen LogP contribution >= 0.6 is 0 Å². The van der Waals surface area contributed by atoms with E-state index >= 15 is 0 Å². The van der Waals surface area contributed by atoms with Crippen molar-refractivity contribution in [2.75, 3.05) is 45.2 Å². The Balaban J connectivity index is 1.38. The molecular formula is C31H44N6O. The fourth-order valence-corrected chi connectivity index (χ4v) is 6.71. The Labute approximate surface area is 227 Å². The fraction of sp³-hybridized carbons (Fsp3) is 0.548. The molecule has 2 aliphatic rings. The molecule has 0 bridgehead atoms. The largest absolute Gasteiger partial charge is 0.508 e. The van der Waals surface area contributed by atoms with Crippen molar-refractivity contribution in [1.29, 1.82) is 0 Å². The third kappa shape index (κ3) is 5.37. The van der Waals surface area contributed by atoms with E-state index in [2.05, 4.69) is 79.1 Å². The first-order valence-corrected chi connectivity index (χ1v) is 14.3. The Morgan fingerprint density at radius 3 is 2.45 bits per heavy atom. The number of fused-ring (bicyclic) bond motifs is 1. The summed E-state index contributed by atoms with van der Waals surface area (Å²) in [5.74, 6) is 0.334. The van der Waals surface area contributed by atoms with E-state index in [9.17, 15) is 5.11 Å². The first-order chi connectivity index (χ1) is 18.3. The Morgan fingerprint density at radius 1 is 1.05 bits per heavy atom. The van der Waals surface area contributed by atoms with Crippen LogP contribution in [-0.2, 0) is 5.54 Å². The minimum atomic E-state index is -0.0794. The van der Waals surface area contributed by atoms with Gasteiger partial charge in [-0.15, -0.1) is 0 Å². The molecule has 2 aromatic carbocycles. The van der Waals surface area contributed by atoms with Crippen molar-refractivity contribution in [1.82, 2.24) is 25.1 Å². The molecule has 2 fully saturated rings. The molecule has 2 aliphatic heterocycles. The highest BCUT2D eigenvalue weighted by Crippen LogP contribution is 2.40. The maximum atomic E-state index is 10.1. The number of aromatic hydroxyl groups is 1. The zero-order valence-corrected chi connectivity index (χ0v) is 23.7. The van der Waals surface area contributed by atoms with Crippen molar-refractivity contribution < 1.29 is 5.11 Å². The van der Waals surface area contributed by atoms with Crippen LogP contribution in [0.3, 0.4) is 0 Å². The second-order valence-electron chi connectivity index (χ2n) is 11.7. The molecule has 0 saturated carbocycles. The average Bonchev–Trinajstić information content (AvgIpc) is 2.90. The molecule has 0 unspecified atom stereocenters. The standard InChI is InChI=1S/C31H44N6O/c1-6-8-30(37-20-22(2)33-23(3)21-37)29-19-32-27-12-11-25(18-28(27)34-29)36-15-13-31(14-16-36,35(4)5)24-9-7-10-26(38)17-24/h7,9-12,17-19,22-23,30,33,38H,6,8,13-16,20-21H2,1-5H3/t22-,23+,30-/m1/s1. The Morgan fingerprint density at radius 2 is 1.79 bits per heavy atom. The van der Waals surface area contributed by atoms with E-state index in [1.54, 1.807) is 6.07 Å². The van der Waals surface area contributed by atoms with Gasteiger partial charge in [0.2, 0.25) is 0 Å². The molecule has 3 heterocycles. The smallest absolute Gasteiger partial charge is 0.115 e. The van der Waals surface area contributed by atoms with Gasteiger partial charge in [0.25, 0.3) is 0 Å². The van der Waals surface area contributed by atoms with E-state index in [4.69, 9.17) is 9.97 Å². The van der Waals surface area contributed by atoms with Gasteiger partial charge in [0.1, 0.15) is 5.75 Å². The van der Waals surface area contributed by atoms with Crippen molar-refractivity contribution in [3.63, 3.8) is 0 Å². The predicted octanol–water partition coefficient (Wildman–Crippen LogP) is 4.92. The van der Waals surface area contributed by atoms with E-state index in [1.807, 2.05) is 18.3 Å². The molecule has 2 N–H and O–H groups in total. The summed E-state index contributed by atoms with van der Waals surface area (Å²) in [5, 5.41) is 13.8. The van der Waals surface area contributed by atoms with Crippen LogP contribution in [0.1, 0.15) is 63.8 Å². The molecule has 204 valence electrons. The maximum absolute atomic E-state index is 10.1. The van der Waals surface area contributed by atoms with E-state index in [0.717, 1.165) is 68.6 Å². The lowest BCUT2D eigenvalue weighted by atomic mass is 9.79. The van der Waals surface area contributed by atoms with Crippen molar-refractivity contribution >= 4 is 16.7 Å². The molecule has 0 radical (unpaired) electrons. The summed E-state index contributed by atoms with van der Waals surface area (Å²) in [7, 11) is 4.30. The lowest BCUT2D eigenvalue weighted by molar-refractivity contribution is 0.114. The highest BCUT2D eigenvalue weighted by molar-refractivity contribution is 5.79. The summed E-state index contributed by atoms with van der Waals surface area (Å²) in [6, 6.07) is 15.6. The fourth-order valence-electron chi connectivity index (χ4n) is 6.71. The summed E-state index contributed by atoms with van der Waals surface area (Å²) < 4.78 is 0. The predicted molar refractivity (Wildman–Crippen MR) is 156 cm³/mol. The number of aromatic nitrogens is 2. The average molecular weight is 517 g/mol. The summed E-state index contributed by atoms with van der Waals surface area (Å²) in [4.78, 5) is 17.4. The van der Waals surface area contributed by atoms with Crippen LogP contribution in [0.4, 0.5) is 5.69 Å². The Hall–Kier alpha value is -2.74. The number of rotatable bonds is 7. The van der Waals surface area contributed by atoms with Crippen LogP contribution in [-0.4, -0.2) is 77.2 Å². The third-order valence-corrected chi connectivity index (χ3v) is 8.67. The molecule has 7 nitrogen and oxygen atoms in total. The Kier molecular flexibility index (Phi) is 7.89. The highest BCUT2D eigenvalue weighted by atomic mass is 16.3. The molecule has 3 aromatic rings. The van der Waals surface area contributed by atoms with Crippen LogP contribution < -0.4 is 10.2 Å². The van der Waals surface area contributed by atoms with Crippen LogP contribution in [0, 0.1) is 0 Å². The quantitative estimate of drug-likeness (QED) is 0.462. The third-order valence-electron chi connectivity index (χ3n) is 8.67. The number of phenolic OH excluding ortho intramolecular Hbond substituents is 1. The topological polar surface area (TPSA) is 67.8 Å². The lowest BCUT2D eigenvalue weighted by Gasteiger charge is -2.47. The van der Waals surface area contributed by atoms with Crippen LogP contribution in [0.2, 0.25) is 0 Å². The number of phenols is 1. The normalized spacial score (nSPS) is 23.2. The van der Waals surface area contributed by atoms with Gasteiger partial charge in [-0.3, -0.25) is 14.8 Å². The zero-order valence-electron chi connectivity index (χ0n) is 23.7. The summed E-state index contributed by atoms with van der Waals surface area (Å²) in [6.07, 6.45) is 6.20. The van der Waals surface area contributed by atoms with E-state index < -0.39 is 0 Å². The number of piperidine rings is 1. The molecular weight excluding hydrogens is 472 g/mol. The highest BCUT2D eigenvalue weighted by Gasteiger charge is 2.38. The van der Waals surface area contributed by atoms with Crippen molar-refractivity contribution in [3.05, 3.63) is 59.9 Å². The van der Waals surface area contributed by atoms with Crippen LogP contribution in [0.15, 0.2) is 48.7 Å². The second-order valence-corrected chi connectivity index (χ2v) is 11.7. The van der Waals surface area contributed by atoms with Gasteiger partial charge in [0, 0.05) is 49.5 Å². The zero-order chi connectivity index (χ0) is 26.9. The minimum absolute atomic E-state index is 0.0794. The molecule has 1 aromatic heterocycles. The van der Waals surface area contributed by atoms with Gasteiger partial charge < -0.3 is 15.3 Å². The molecule has 38 heavy (non-hydrogen) atoms. The molecule has 0 amide bonds. The summed E-state index contributed by atoms with van der Waals surface area (Å²) >= 11 is 0. The first-order valence-electron chi connectivity index (χ1n) is 14.3. The van der Waals surface area contributed by atoms with Crippen molar-refractivity contribution in [3.8, 4) is 5.75 Å². The van der Waals surface area contributed by atoms with Gasteiger partial charge in [-0.05, 0) is 83.1 Å². The van der Waals surface area contributed by atoms with E-state index in [-0.39, 0.29) is 5.54 Å². The van der Waals surface area contributed by atoms with Gasteiger partial charge in [-0.1, -0.05) is 25.5 Å². The monoisotopic (exact) mass is 516 g/mol.